The van der Waals surface area contributed by atoms with E-state index in [1.807, 2.05) is 13.8 Å². The molecule has 0 aliphatic carbocycles. The van der Waals surface area contributed by atoms with Crippen molar-refractivity contribution in [3.8, 4) is 0 Å². The van der Waals surface area contributed by atoms with Crippen LogP contribution in [0.2, 0.25) is 0 Å². The van der Waals surface area contributed by atoms with Crippen molar-refractivity contribution in [1.29, 1.82) is 0 Å². The Morgan fingerprint density at radius 3 is 2.58 bits per heavy atom. The molecule has 0 saturated carbocycles. The van der Waals surface area contributed by atoms with Gasteiger partial charge in [0.1, 0.15) is 0 Å². The van der Waals surface area contributed by atoms with E-state index in [9.17, 15) is 8.78 Å². The minimum Gasteiger partial charge on any atom is -0.310 e. The lowest BCUT2D eigenvalue weighted by Crippen LogP contribution is -2.42. The van der Waals surface area contributed by atoms with Crippen LogP contribution in [0, 0.1) is 25.5 Å². The Bertz CT molecular complexity index is 671. The normalized spacial score (nSPS) is 16.7. The molecule has 0 spiro atoms. The molecule has 1 fully saturated rings. The molecule has 0 unspecified atom stereocenters. The molecule has 1 saturated heterocycles. The summed E-state index contributed by atoms with van der Waals surface area (Å²) < 4.78 is 26.3. The van der Waals surface area contributed by atoms with Gasteiger partial charge in [-0.25, -0.2) is 8.78 Å². The van der Waals surface area contributed by atoms with Gasteiger partial charge in [-0.05, 0) is 57.5 Å². The van der Waals surface area contributed by atoms with Crippen LogP contribution in [0.25, 0.3) is 0 Å². The van der Waals surface area contributed by atoms with E-state index in [1.54, 1.807) is 6.07 Å². The summed E-state index contributed by atoms with van der Waals surface area (Å²) in [4.78, 5) is 2.29. The summed E-state index contributed by atoms with van der Waals surface area (Å²) in [6, 6.07) is 4.64. The number of likely N-dealkylation sites (tertiary alicyclic amines) is 1. The summed E-state index contributed by atoms with van der Waals surface area (Å²) in [5.74, 6) is -1.55. The number of benzene rings is 1. The fraction of sp³-hybridized carbons (Fsp3) is 0.500. The molecule has 4 nitrogen and oxygen atoms in total. The van der Waals surface area contributed by atoms with Gasteiger partial charge in [-0.2, -0.15) is 5.10 Å². The van der Waals surface area contributed by atoms with Crippen LogP contribution in [0.3, 0.4) is 0 Å². The third kappa shape index (κ3) is 3.99. The van der Waals surface area contributed by atoms with Gasteiger partial charge in [0.15, 0.2) is 11.6 Å². The summed E-state index contributed by atoms with van der Waals surface area (Å²) in [6.45, 7) is 7.48. The van der Waals surface area contributed by atoms with Crippen LogP contribution in [0.15, 0.2) is 18.2 Å². The van der Waals surface area contributed by atoms with E-state index < -0.39 is 11.6 Å². The number of aryl methyl sites for hydroxylation is 2. The number of hydrogen-bond donors (Lipinski definition) is 2. The van der Waals surface area contributed by atoms with Gasteiger partial charge in [0.25, 0.3) is 0 Å². The Balaban J connectivity index is 1.46. The van der Waals surface area contributed by atoms with Crippen molar-refractivity contribution in [2.24, 2.45) is 0 Å². The van der Waals surface area contributed by atoms with Gasteiger partial charge in [0.2, 0.25) is 0 Å². The van der Waals surface area contributed by atoms with Crippen LogP contribution in [0.5, 0.6) is 0 Å². The van der Waals surface area contributed by atoms with Gasteiger partial charge in [-0.15, -0.1) is 0 Å². The number of aromatic amines is 1. The van der Waals surface area contributed by atoms with E-state index >= 15 is 0 Å². The monoisotopic (exact) mass is 334 g/mol. The smallest absolute Gasteiger partial charge is 0.159 e. The van der Waals surface area contributed by atoms with Crippen molar-refractivity contribution < 1.29 is 8.78 Å². The molecule has 130 valence electrons. The average Bonchev–Trinajstić information content (AvgIpc) is 2.89. The maximum atomic E-state index is 13.3. The zero-order valence-electron chi connectivity index (χ0n) is 14.2. The standard InChI is InChI=1S/C18H24F2N4/c1-12-16(13(2)23-22-12)10-21-15-5-7-24(8-6-15)11-14-3-4-17(19)18(20)9-14/h3-4,9,15,21H,5-8,10-11H2,1-2H3,(H,22,23). The second-order valence-corrected chi connectivity index (χ2v) is 6.59. The topological polar surface area (TPSA) is 44.0 Å². The number of nitrogens with zero attached hydrogens (tertiary/aromatic N) is 2. The summed E-state index contributed by atoms with van der Waals surface area (Å²) in [7, 11) is 0. The molecule has 1 aromatic heterocycles. The highest BCUT2D eigenvalue weighted by Crippen LogP contribution is 2.17. The maximum absolute atomic E-state index is 13.3. The van der Waals surface area contributed by atoms with Gasteiger partial charge in [0, 0.05) is 30.4 Å². The zero-order chi connectivity index (χ0) is 17.1. The predicted molar refractivity (Wildman–Crippen MR) is 89.6 cm³/mol. The summed E-state index contributed by atoms with van der Waals surface area (Å²) in [6.07, 6.45) is 2.11. The number of H-pyrrole nitrogens is 1. The molecular formula is C18H24F2N4. The minimum atomic E-state index is -0.786. The Morgan fingerprint density at radius 1 is 1.21 bits per heavy atom. The Morgan fingerprint density at radius 2 is 1.96 bits per heavy atom. The number of piperidine rings is 1. The van der Waals surface area contributed by atoms with Gasteiger partial charge >= 0.3 is 0 Å². The van der Waals surface area contributed by atoms with Crippen molar-refractivity contribution in [2.75, 3.05) is 13.1 Å². The van der Waals surface area contributed by atoms with E-state index in [0.29, 0.717) is 12.6 Å². The molecule has 0 bridgehead atoms. The highest BCUT2D eigenvalue weighted by Gasteiger charge is 2.20. The molecule has 2 heterocycles. The van der Waals surface area contributed by atoms with Crippen LogP contribution in [-0.4, -0.2) is 34.2 Å². The zero-order valence-corrected chi connectivity index (χ0v) is 14.2. The first-order chi connectivity index (χ1) is 11.5. The van der Waals surface area contributed by atoms with Crippen molar-refractivity contribution in [2.45, 2.75) is 45.8 Å². The molecule has 3 rings (SSSR count). The summed E-state index contributed by atoms with van der Waals surface area (Å²) in [5, 5.41) is 10.8. The molecule has 1 aromatic carbocycles. The molecule has 0 atom stereocenters. The number of nitrogens with one attached hydrogen (secondary N) is 2. The number of aromatic nitrogens is 2. The van der Waals surface area contributed by atoms with Crippen molar-refractivity contribution in [3.05, 3.63) is 52.3 Å². The van der Waals surface area contributed by atoms with Crippen LogP contribution in [0.4, 0.5) is 8.78 Å². The quantitative estimate of drug-likeness (QED) is 0.883. The molecule has 1 aliphatic heterocycles. The molecule has 24 heavy (non-hydrogen) atoms. The largest absolute Gasteiger partial charge is 0.310 e. The average molecular weight is 334 g/mol. The van der Waals surface area contributed by atoms with Gasteiger partial charge in [0.05, 0.1) is 5.69 Å². The lowest BCUT2D eigenvalue weighted by atomic mass is 10.0. The van der Waals surface area contributed by atoms with Crippen molar-refractivity contribution in [1.82, 2.24) is 20.4 Å². The second-order valence-electron chi connectivity index (χ2n) is 6.59. The summed E-state index contributed by atoms with van der Waals surface area (Å²) in [5.41, 5.74) is 4.25. The fourth-order valence-corrected chi connectivity index (χ4v) is 3.27. The first kappa shape index (κ1) is 17.0. The van der Waals surface area contributed by atoms with Gasteiger partial charge in [-0.1, -0.05) is 6.07 Å². The third-order valence-corrected chi connectivity index (χ3v) is 4.83. The fourth-order valence-electron chi connectivity index (χ4n) is 3.27. The molecule has 2 aromatic rings. The Hall–Kier alpha value is -1.79. The Kier molecular flexibility index (Phi) is 5.26. The van der Waals surface area contributed by atoms with Crippen LogP contribution < -0.4 is 5.32 Å². The van der Waals surface area contributed by atoms with Crippen LogP contribution in [-0.2, 0) is 13.1 Å². The predicted octanol–water partition coefficient (Wildman–Crippen LogP) is 3.06. The van der Waals surface area contributed by atoms with Crippen molar-refractivity contribution in [3.63, 3.8) is 0 Å². The highest BCUT2D eigenvalue weighted by molar-refractivity contribution is 5.23. The Labute approximate surface area is 141 Å². The lowest BCUT2D eigenvalue weighted by molar-refractivity contribution is 0.190. The van der Waals surface area contributed by atoms with E-state index in [-0.39, 0.29) is 0 Å². The highest BCUT2D eigenvalue weighted by atomic mass is 19.2. The third-order valence-electron chi connectivity index (χ3n) is 4.83. The molecular weight excluding hydrogens is 310 g/mol. The first-order valence-corrected chi connectivity index (χ1v) is 8.43. The number of halogens is 2. The number of rotatable bonds is 5. The SMILES string of the molecule is Cc1n[nH]c(C)c1CNC1CCN(Cc2ccc(F)c(F)c2)CC1. The van der Waals surface area contributed by atoms with E-state index in [1.165, 1.54) is 17.7 Å². The molecule has 0 amide bonds. The van der Waals surface area contributed by atoms with Crippen molar-refractivity contribution >= 4 is 0 Å². The number of hydrogen-bond acceptors (Lipinski definition) is 3. The minimum absolute atomic E-state index is 0.486. The van der Waals surface area contributed by atoms with Crippen LogP contribution >= 0.6 is 0 Å². The molecule has 0 radical (unpaired) electrons. The first-order valence-electron chi connectivity index (χ1n) is 8.43. The van der Waals surface area contributed by atoms with Gasteiger partial charge < -0.3 is 5.32 Å². The molecule has 2 N–H and O–H groups in total. The van der Waals surface area contributed by atoms with E-state index in [2.05, 4.69) is 20.4 Å². The maximum Gasteiger partial charge on any atom is 0.159 e. The van der Waals surface area contributed by atoms with E-state index in [0.717, 1.165) is 49.4 Å². The molecule has 1 aliphatic rings. The lowest BCUT2D eigenvalue weighted by Gasteiger charge is -2.32. The van der Waals surface area contributed by atoms with Crippen LogP contribution in [0.1, 0.15) is 35.4 Å². The van der Waals surface area contributed by atoms with Gasteiger partial charge in [-0.3, -0.25) is 10.00 Å². The second kappa shape index (κ2) is 7.40. The molecule has 6 heteroatoms. The van der Waals surface area contributed by atoms with E-state index in [4.69, 9.17) is 0 Å². The summed E-state index contributed by atoms with van der Waals surface area (Å²) >= 11 is 0.